The summed E-state index contributed by atoms with van der Waals surface area (Å²) in [7, 11) is 3.07. The van der Waals surface area contributed by atoms with Gasteiger partial charge in [0.05, 0.1) is 6.04 Å². The minimum absolute atomic E-state index is 0.0251. The Morgan fingerprint density at radius 1 is 1.25 bits per heavy atom. The Balaban J connectivity index is 1.58. The molecule has 1 heterocycles. The van der Waals surface area contributed by atoms with Gasteiger partial charge < -0.3 is 14.4 Å². The Kier molecular flexibility index (Phi) is 6.36. The van der Waals surface area contributed by atoms with Crippen molar-refractivity contribution in [3.8, 4) is 5.88 Å². The fourth-order valence-corrected chi connectivity index (χ4v) is 10.0. The number of aromatic nitrogens is 1. The molecule has 7 heteroatoms. The topological polar surface area (TPSA) is 75.8 Å². The number of fused-ring (bicyclic) bond motifs is 3. The van der Waals surface area contributed by atoms with Crippen LogP contribution in [0.3, 0.4) is 0 Å². The highest BCUT2D eigenvalue weighted by Gasteiger charge is 2.59. The number of benzene rings is 1. The summed E-state index contributed by atoms with van der Waals surface area (Å²) >= 11 is 0. The average Bonchev–Trinajstić information content (AvgIpc) is 3.37. The highest BCUT2D eigenvalue weighted by molar-refractivity contribution is 8.32. The van der Waals surface area contributed by atoms with Gasteiger partial charge in [-0.15, -0.1) is 6.58 Å². The molecule has 194 valence electrons. The molecular formula is C29H38N2O4S. The van der Waals surface area contributed by atoms with E-state index in [4.69, 9.17) is 9.26 Å². The van der Waals surface area contributed by atoms with Crippen molar-refractivity contribution < 1.29 is 19.2 Å². The van der Waals surface area contributed by atoms with Crippen molar-refractivity contribution >= 4 is 21.6 Å². The van der Waals surface area contributed by atoms with Gasteiger partial charge in [-0.1, -0.05) is 43.3 Å². The minimum atomic E-state index is -0.915. The van der Waals surface area contributed by atoms with Crippen molar-refractivity contribution in [1.82, 2.24) is 10.1 Å². The minimum Gasteiger partial charge on any atom is -0.507 e. The van der Waals surface area contributed by atoms with E-state index in [0.717, 1.165) is 12.0 Å². The molecule has 2 aromatic rings. The predicted octanol–water partition coefficient (Wildman–Crippen LogP) is 5.47. The molecule has 0 saturated heterocycles. The Morgan fingerprint density at radius 3 is 2.56 bits per heavy atom. The second-order valence-corrected chi connectivity index (χ2v) is 16.0. The molecule has 3 aliphatic carbocycles. The standard InChI is InChI=1S/C29H38N2O4S/c1-8-18-21-19(16(2)28(18)36(5,6)7)14-20-22(25(21)32)26(33)23-27(24(20)31(3)4)35-30-29(23)34-15-17-12-10-9-11-13-17/h8-13,16,18-21,24,28,33H,1,14-15H2,2-7H3/t16?,18?,19-,20+,21+,24+,28?/m0/s1. The number of carbonyl (C=O) groups excluding carboxylic acids is 1. The number of hydrogen-bond acceptors (Lipinski definition) is 6. The molecule has 0 spiro atoms. The predicted molar refractivity (Wildman–Crippen MR) is 145 cm³/mol. The van der Waals surface area contributed by atoms with Gasteiger partial charge in [0, 0.05) is 17.4 Å². The summed E-state index contributed by atoms with van der Waals surface area (Å²) in [6.45, 7) is 6.77. The molecular weight excluding hydrogens is 472 g/mol. The third kappa shape index (κ3) is 3.82. The highest BCUT2D eigenvalue weighted by atomic mass is 32.3. The normalized spacial score (nSPS) is 32.2. The van der Waals surface area contributed by atoms with Crippen LogP contribution in [0.1, 0.15) is 36.3 Å². The highest BCUT2D eigenvalue weighted by Crippen LogP contribution is 2.64. The summed E-state index contributed by atoms with van der Waals surface area (Å²) in [5, 5.41) is 16.2. The number of ether oxygens (including phenoxy) is 1. The molecule has 7 atom stereocenters. The molecule has 6 nitrogen and oxygen atoms in total. The van der Waals surface area contributed by atoms with E-state index >= 15 is 0 Å². The molecule has 1 aromatic carbocycles. The number of hydrogen-bond donors (Lipinski definition) is 1. The fraction of sp³-hybridized carbons (Fsp3) is 0.517. The summed E-state index contributed by atoms with van der Waals surface area (Å²) in [6, 6.07) is 9.59. The summed E-state index contributed by atoms with van der Waals surface area (Å²) in [6.07, 6.45) is 9.86. The van der Waals surface area contributed by atoms with E-state index in [1.807, 2.05) is 50.5 Å². The second kappa shape index (κ2) is 9.10. The van der Waals surface area contributed by atoms with E-state index in [0.29, 0.717) is 34.7 Å². The monoisotopic (exact) mass is 510 g/mol. The Labute approximate surface area is 215 Å². The number of nitrogens with zero attached hydrogens (tertiary/aromatic N) is 2. The van der Waals surface area contributed by atoms with Crippen molar-refractivity contribution in [2.24, 2.45) is 29.6 Å². The SMILES string of the molecule is C=CC1C(S(C)(C)C)C(C)[C@@H]2C[C@@H]3C(=C(O)c4c(OCc5ccccc5)noc4[C@@H]3N(C)C)C(=O)[C@H]12. The quantitative estimate of drug-likeness (QED) is 0.519. The van der Waals surface area contributed by atoms with Crippen LogP contribution >= 0.6 is 10.0 Å². The van der Waals surface area contributed by atoms with Crippen LogP contribution in [0.2, 0.25) is 0 Å². The first-order valence-electron chi connectivity index (χ1n) is 12.7. The number of aliphatic hydroxyl groups is 1. The third-order valence-electron chi connectivity index (χ3n) is 8.61. The number of ketones is 1. The van der Waals surface area contributed by atoms with Gasteiger partial charge in [0.25, 0.3) is 5.88 Å². The van der Waals surface area contributed by atoms with E-state index in [1.165, 1.54) is 0 Å². The maximum absolute atomic E-state index is 14.3. The van der Waals surface area contributed by atoms with Crippen LogP contribution in [-0.2, 0) is 11.4 Å². The fourth-order valence-electron chi connectivity index (χ4n) is 7.33. The van der Waals surface area contributed by atoms with Crippen LogP contribution in [0.15, 0.2) is 53.1 Å². The third-order valence-corrected chi connectivity index (χ3v) is 11.0. The maximum Gasteiger partial charge on any atom is 0.265 e. The van der Waals surface area contributed by atoms with Gasteiger partial charge in [-0.25, -0.2) is 10.0 Å². The summed E-state index contributed by atoms with van der Waals surface area (Å²) in [4.78, 5) is 16.3. The average molecular weight is 511 g/mol. The van der Waals surface area contributed by atoms with Gasteiger partial charge in [-0.3, -0.25) is 9.69 Å². The Morgan fingerprint density at radius 2 is 1.94 bits per heavy atom. The first kappa shape index (κ1) is 25.2. The van der Waals surface area contributed by atoms with Crippen LogP contribution < -0.4 is 4.74 Å². The first-order valence-corrected chi connectivity index (χ1v) is 15.6. The van der Waals surface area contributed by atoms with Gasteiger partial charge in [-0.2, -0.15) is 0 Å². The lowest BCUT2D eigenvalue weighted by atomic mass is 9.63. The largest absolute Gasteiger partial charge is 0.507 e. The van der Waals surface area contributed by atoms with Crippen LogP contribution in [-0.4, -0.2) is 59.1 Å². The maximum atomic E-state index is 14.3. The molecule has 0 amide bonds. The lowest BCUT2D eigenvalue weighted by molar-refractivity contribution is -0.124. The molecule has 3 aliphatic rings. The van der Waals surface area contributed by atoms with E-state index in [9.17, 15) is 9.90 Å². The molecule has 0 bridgehead atoms. The van der Waals surface area contributed by atoms with Gasteiger partial charge in [0.2, 0.25) is 0 Å². The van der Waals surface area contributed by atoms with E-state index in [1.54, 1.807) is 0 Å². The molecule has 2 fully saturated rings. The van der Waals surface area contributed by atoms with Crippen LogP contribution in [0.5, 0.6) is 5.88 Å². The van der Waals surface area contributed by atoms with Crippen molar-refractivity contribution in [3.05, 3.63) is 65.4 Å². The molecule has 1 aromatic heterocycles. The van der Waals surface area contributed by atoms with Crippen LogP contribution in [0, 0.1) is 29.6 Å². The van der Waals surface area contributed by atoms with Gasteiger partial charge in [0.15, 0.2) is 11.5 Å². The number of aliphatic hydroxyl groups excluding tert-OH is 1. The first-order chi connectivity index (χ1) is 17.1. The Hall–Kier alpha value is -2.51. The second-order valence-electron chi connectivity index (χ2n) is 11.6. The smallest absolute Gasteiger partial charge is 0.265 e. The Bertz CT molecular complexity index is 1200. The number of carbonyl (C=O) groups is 1. The van der Waals surface area contributed by atoms with Crippen molar-refractivity contribution in [1.29, 1.82) is 0 Å². The van der Waals surface area contributed by atoms with Gasteiger partial charge in [-0.05, 0) is 73.0 Å². The van der Waals surface area contributed by atoms with Gasteiger partial charge in [0.1, 0.15) is 17.9 Å². The zero-order chi connectivity index (χ0) is 25.9. The summed E-state index contributed by atoms with van der Waals surface area (Å²) in [5.74, 6) is 1.30. The summed E-state index contributed by atoms with van der Waals surface area (Å²) < 4.78 is 11.8. The van der Waals surface area contributed by atoms with Crippen molar-refractivity contribution in [3.63, 3.8) is 0 Å². The lowest BCUT2D eigenvalue weighted by Crippen LogP contribution is -2.43. The van der Waals surface area contributed by atoms with Gasteiger partial charge >= 0.3 is 0 Å². The van der Waals surface area contributed by atoms with E-state index in [-0.39, 0.29) is 47.1 Å². The molecule has 1 N–H and O–H groups in total. The molecule has 3 unspecified atom stereocenters. The molecule has 2 saturated carbocycles. The van der Waals surface area contributed by atoms with Crippen molar-refractivity contribution in [2.45, 2.75) is 31.2 Å². The molecule has 0 aliphatic heterocycles. The zero-order valence-electron chi connectivity index (χ0n) is 22.1. The number of rotatable bonds is 6. The summed E-state index contributed by atoms with van der Waals surface area (Å²) in [5.41, 5.74) is 1.92. The molecule has 0 radical (unpaired) electrons. The van der Waals surface area contributed by atoms with Crippen LogP contribution in [0.25, 0.3) is 5.76 Å². The molecule has 36 heavy (non-hydrogen) atoms. The van der Waals surface area contributed by atoms with Crippen molar-refractivity contribution in [2.75, 3.05) is 32.9 Å². The van der Waals surface area contributed by atoms with E-state index < -0.39 is 10.0 Å². The number of Topliss-reactive ketones (excluding diaryl/α,β-unsaturated/α-hetero) is 1. The van der Waals surface area contributed by atoms with Crippen LogP contribution in [0.4, 0.5) is 0 Å². The lowest BCUT2D eigenvalue weighted by Gasteiger charge is -2.43. The molecule has 5 rings (SSSR count). The van der Waals surface area contributed by atoms with E-state index in [2.05, 4.69) is 42.3 Å². The number of allylic oxidation sites excluding steroid dienone is 1. The zero-order valence-corrected chi connectivity index (χ0v) is 22.9.